The van der Waals surface area contributed by atoms with Crippen LogP contribution in [-0.4, -0.2) is 32.7 Å². The Balaban J connectivity index is 2.40. The highest BCUT2D eigenvalue weighted by Crippen LogP contribution is 2.40. The van der Waals surface area contributed by atoms with Crippen LogP contribution in [-0.2, 0) is 22.5 Å². The average Bonchev–Trinajstić information content (AvgIpc) is 2.99. The standard InChI is InChI=1S/C22H26ClN3O3/c1-6-26-16-9-10-17(23)25-19(16)15(12-22(3,4)21(27)28)20(26)14-8-7-11-24-18(14)13(2)29-5/h7-11,13H,6,12H2,1-5H3,(H,27,28). The van der Waals surface area contributed by atoms with E-state index in [1.165, 1.54) is 0 Å². The Bertz CT molecular complexity index is 1060. The molecule has 7 heteroatoms. The second-order valence-electron chi connectivity index (χ2n) is 7.75. The fraction of sp³-hybridized carbons (Fsp3) is 0.409. The number of aliphatic carboxylic acids is 1. The molecule has 3 aromatic rings. The number of nitrogens with zero attached hydrogens (tertiary/aromatic N) is 3. The summed E-state index contributed by atoms with van der Waals surface area (Å²) < 4.78 is 7.69. The molecule has 6 nitrogen and oxygen atoms in total. The molecule has 3 aromatic heterocycles. The van der Waals surface area contributed by atoms with Crippen molar-refractivity contribution in [2.75, 3.05) is 7.11 Å². The zero-order valence-electron chi connectivity index (χ0n) is 17.4. The molecular formula is C22H26ClN3O3. The number of hydrogen-bond acceptors (Lipinski definition) is 4. The van der Waals surface area contributed by atoms with Gasteiger partial charge in [0.2, 0.25) is 0 Å². The molecule has 3 heterocycles. The van der Waals surface area contributed by atoms with E-state index in [4.69, 9.17) is 16.3 Å². The molecule has 0 aliphatic carbocycles. The largest absolute Gasteiger partial charge is 0.481 e. The Morgan fingerprint density at radius 2 is 2.07 bits per heavy atom. The minimum Gasteiger partial charge on any atom is -0.481 e. The van der Waals surface area contributed by atoms with E-state index in [1.807, 2.05) is 25.1 Å². The summed E-state index contributed by atoms with van der Waals surface area (Å²) >= 11 is 6.21. The highest BCUT2D eigenvalue weighted by molar-refractivity contribution is 6.29. The molecule has 0 aromatic carbocycles. The molecule has 0 spiro atoms. The second-order valence-corrected chi connectivity index (χ2v) is 8.14. The number of aromatic nitrogens is 3. The molecule has 154 valence electrons. The summed E-state index contributed by atoms with van der Waals surface area (Å²) in [6.07, 6.45) is 1.83. The van der Waals surface area contributed by atoms with Crippen molar-refractivity contribution in [2.45, 2.75) is 46.8 Å². The summed E-state index contributed by atoms with van der Waals surface area (Å²) in [6.45, 7) is 8.14. The van der Waals surface area contributed by atoms with Crippen LogP contribution in [0.3, 0.4) is 0 Å². The highest BCUT2D eigenvalue weighted by Gasteiger charge is 2.32. The highest BCUT2D eigenvalue weighted by atomic mass is 35.5. The number of halogens is 1. The van der Waals surface area contributed by atoms with Gasteiger partial charge in [-0.1, -0.05) is 11.6 Å². The summed E-state index contributed by atoms with van der Waals surface area (Å²) in [5.41, 5.74) is 4.15. The molecule has 1 atom stereocenters. The summed E-state index contributed by atoms with van der Waals surface area (Å²) in [5.74, 6) is -0.862. The number of aryl methyl sites for hydroxylation is 1. The molecule has 0 saturated heterocycles. The van der Waals surface area contributed by atoms with Gasteiger partial charge in [0.05, 0.1) is 33.9 Å². The summed E-state index contributed by atoms with van der Waals surface area (Å²) in [5, 5.41) is 10.1. The molecule has 1 unspecified atom stereocenters. The van der Waals surface area contributed by atoms with E-state index in [2.05, 4.69) is 21.5 Å². The minimum absolute atomic E-state index is 0.216. The van der Waals surface area contributed by atoms with E-state index in [0.717, 1.165) is 33.5 Å². The van der Waals surface area contributed by atoms with E-state index in [9.17, 15) is 9.90 Å². The van der Waals surface area contributed by atoms with Gasteiger partial charge in [-0.05, 0) is 58.4 Å². The normalized spacial score (nSPS) is 13.0. The van der Waals surface area contributed by atoms with Crippen LogP contribution in [0.4, 0.5) is 0 Å². The van der Waals surface area contributed by atoms with Crippen LogP contribution in [0.2, 0.25) is 5.15 Å². The smallest absolute Gasteiger partial charge is 0.309 e. The van der Waals surface area contributed by atoms with Crippen molar-refractivity contribution in [3.63, 3.8) is 0 Å². The number of fused-ring (bicyclic) bond motifs is 1. The molecule has 0 aliphatic rings. The molecule has 1 N–H and O–H groups in total. The maximum Gasteiger partial charge on any atom is 0.309 e. The first-order valence-electron chi connectivity index (χ1n) is 9.60. The number of rotatable bonds is 7. The third-order valence-corrected chi connectivity index (χ3v) is 5.53. The van der Waals surface area contributed by atoms with Gasteiger partial charge in [-0.2, -0.15) is 0 Å². The number of carboxylic acid groups (broad SMARTS) is 1. The topological polar surface area (TPSA) is 77.2 Å². The third kappa shape index (κ3) is 3.87. The molecule has 0 radical (unpaired) electrons. The first-order valence-corrected chi connectivity index (χ1v) is 9.98. The van der Waals surface area contributed by atoms with Crippen LogP contribution in [0.5, 0.6) is 0 Å². The van der Waals surface area contributed by atoms with Gasteiger partial charge in [0.1, 0.15) is 5.15 Å². The average molecular weight is 416 g/mol. The minimum atomic E-state index is -0.971. The van der Waals surface area contributed by atoms with Crippen molar-refractivity contribution in [3.05, 3.63) is 46.9 Å². The zero-order valence-corrected chi connectivity index (χ0v) is 18.1. The lowest BCUT2D eigenvalue weighted by Gasteiger charge is -2.21. The van der Waals surface area contributed by atoms with E-state index in [1.54, 1.807) is 33.2 Å². The number of hydrogen-bond donors (Lipinski definition) is 1. The number of carboxylic acids is 1. The number of methoxy groups -OCH3 is 1. The van der Waals surface area contributed by atoms with E-state index < -0.39 is 11.4 Å². The van der Waals surface area contributed by atoms with Crippen molar-refractivity contribution < 1.29 is 14.6 Å². The molecule has 0 bridgehead atoms. The van der Waals surface area contributed by atoms with Gasteiger partial charge in [0, 0.05) is 31.0 Å². The van der Waals surface area contributed by atoms with Gasteiger partial charge in [-0.3, -0.25) is 9.78 Å². The van der Waals surface area contributed by atoms with Crippen LogP contribution in [0.1, 0.15) is 45.1 Å². The number of carbonyl (C=O) groups is 1. The Kier molecular flexibility index (Phi) is 5.96. The summed E-state index contributed by atoms with van der Waals surface area (Å²) in [6, 6.07) is 7.57. The van der Waals surface area contributed by atoms with Crippen LogP contribution in [0.15, 0.2) is 30.5 Å². The van der Waals surface area contributed by atoms with Gasteiger partial charge >= 0.3 is 5.97 Å². The molecular weight excluding hydrogens is 390 g/mol. The maximum absolute atomic E-state index is 11.9. The first kappa shape index (κ1) is 21.3. The number of ether oxygens (including phenoxy) is 1. The van der Waals surface area contributed by atoms with Crippen LogP contribution in [0, 0.1) is 5.41 Å². The van der Waals surface area contributed by atoms with Gasteiger partial charge in [0.15, 0.2) is 0 Å². The van der Waals surface area contributed by atoms with Crippen molar-refractivity contribution in [1.82, 2.24) is 14.5 Å². The summed E-state index contributed by atoms with van der Waals surface area (Å²) in [7, 11) is 1.65. The number of pyridine rings is 2. The zero-order chi connectivity index (χ0) is 21.3. The van der Waals surface area contributed by atoms with Gasteiger partial charge < -0.3 is 14.4 Å². The van der Waals surface area contributed by atoms with Gasteiger partial charge in [-0.15, -0.1) is 0 Å². The van der Waals surface area contributed by atoms with Crippen LogP contribution < -0.4 is 0 Å². The van der Waals surface area contributed by atoms with Crippen LogP contribution >= 0.6 is 11.6 Å². The predicted molar refractivity (Wildman–Crippen MR) is 114 cm³/mol. The lowest BCUT2D eigenvalue weighted by atomic mass is 9.84. The SMILES string of the molecule is CCn1c(-c2cccnc2C(C)OC)c(CC(C)(C)C(=O)O)c2nc(Cl)ccc21. The fourth-order valence-corrected chi connectivity index (χ4v) is 3.79. The molecule has 0 fully saturated rings. The third-order valence-electron chi connectivity index (χ3n) is 5.32. The summed E-state index contributed by atoms with van der Waals surface area (Å²) in [4.78, 5) is 21.0. The second kappa shape index (κ2) is 8.13. The quantitative estimate of drug-likeness (QED) is 0.541. The Hall–Kier alpha value is -2.44. The van der Waals surface area contributed by atoms with E-state index in [-0.39, 0.29) is 6.10 Å². The fourth-order valence-electron chi connectivity index (χ4n) is 3.64. The lowest BCUT2D eigenvalue weighted by Crippen LogP contribution is -2.26. The van der Waals surface area contributed by atoms with Gasteiger partial charge in [-0.25, -0.2) is 4.98 Å². The van der Waals surface area contributed by atoms with Crippen molar-refractivity contribution in [2.24, 2.45) is 5.41 Å². The molecule has 0 aliphatic heterocycles. The molecule has 3 rings (SSSR count). The maximum atomic E-state index is 11.9. The van der Waals surface area contributed by atoms with Crippen molar-refractivity contribution in [1.29, 1.82) is 0 Å². The first-order chi connectivity index (χ1) is 13.7. The predicted octanol–water partition coefficient (Wildman–Crippen LogP) is 5.13. The molecule has 0 amide bonds. The molecule has 29 heavy (non-hydrogen) atoms. The van der Waals surface area contributed by atoms with E-state index >= 15 is 0 Å². The Morgan fingerprint density at radius 3 is 2.69 bits per heavy atom. The van der Waals surface area contributed by atoms with Crippen molar-refractivity contribution in [3.8, 4) is 11.3 Å². The van der Waals surface area contributed by atoms with Crippen LogP contribution in [0.25, 0.3) is 22.3 Å². The van der Waals surface area contributed by atoms with Crippen molar-refractivity contribution >= 4 is 28.6 Å². The molecule has 0 saturated carbocycles. The lowest BCUT2D eigenvalue weighted by molar-refractivity contribution is -0.146. The van der Waals surface area contributed by atoms with E-state index in [0.29, 0.717) is 18.1 Å². The monoisotopic (exact) mass is 415 g/mol. The Labute approximate surface area is 175 Å². The Morgan fingerprint density at radius 1 is 1.34 bits per heavy atom. The van der Waals surface area contributed by atoms with Gasteiger partial charge in [0.25, 0.3) is 0 Å².